The molecule has 0 spiro atoms. The van der Waals surface area contributed by atoms with E-state index < -0.39 is 5.97 Å². The van der Waals surface area contributed by atoms with Crippen molar-refractivity contribution in [3.8, 4) is 5.75 Å². The Labute approximate surface area is 117 Å². The van der Waals surface area contributed by atoms with E-state index in [1.165, 1.54) is 36.4 Å². The molecule has 3 rings (SSSR count). The lowest BCUT2D eigenvalue weighted by Gasteiger charge is -2.04. The molecule has 0 atom stereocenters. The van der Waals surface area contributed by atoms with Gasteiger partial charge in [-0.05, 0) is 36.4 Å². The molecule has 0 saturated carbocycles. The molecule has 1 aromatic heterocycles. The molecule has 6 nitrogen and oxygen atoms in total. The van der Waals surface area contributed by atoms with Gasteiger partial charge in [-0.15, -0.1) is 0 Å². The van der Waals surface area contributed by atoms with Crippen LogP contribution in [0.4, 0.5) is 0 Å². The lowest BCUT2D eigenvalue weighted by Crippen LogP contribution is -2.05. The summed E-state index contributed by atoms with van der Waals surface area (Å²) in [4.78, 5) is 33.7. The largest absolute Gasteiger partial charge is 0.478 e. The van der Waals surface area contributed by atoms with Gasteiger partial charge in [-0.2, -0.15) is 0 Å². The van der Waals surface area contributed by atoms with Gasteiger partial charge in [0.1, 0.15) is 16.9 Å². The summed E-state index contributed by atoms with van der Waals surface area (Å²) in [5, 5.41) is 9.34. The van der Waals surface area contributed by atoms with Gasteiger partial charge in [0, 0.05) is 0 Å². The van der Waals surface area contributed by atoms with Crippen LogP contribution in [0.5, 0.6) is 5.75 Å². The van der Waals surface area contributed by atoms with Gasteiger partial charge in [-0.1, -0.05) is 0 Å². The maximum Gasteiger partial charge on any atom is 0.335 e. The van der Waals surface area contributed by atoms with Gasteiger partial charge in [0.15, 0.2) is 0 Å². The molecule has 104 valence electrons. The minimum absolute atomic E-state index is 0.00514. The number of aromatic carboxylic acids is 1. The topological polar surface area (TPSA) is 93.8 Å². The predicted octanol–water partition coefficient (Wildman–Crippen LogP) is 2.18. The van der Waals surface area contributed by atoms with Gasteiger partial charge in [-0.3, -0.25) is 9.59 Å². The number of benzene rings is 2. The van der Waals surface area contributed by atoms with Gasteiger partial charge in [0.05, 0.1) is 16.3 Å². The van der Waals surface area contributed by atoms with E-state index in [2.05, 4.69) is 4.74 Å². The molecular formula is C15H8O6. The molecule has 0 aliphatic rings. The minimum Gasteiger partial charge on any atom is -0.478 e. The van der Waals surface area contributed by atoms with E-state index in [1.807, 2.05) is 0 Å². The number of fused-ring (bicyclic) bond motifs is 2. The number of carbonyl (C=O) groups excluding carboxylic acids is 1. The van der Waals surface area contributed by atoms with Gasteiger partial charge >= 0.3 is 5.97 Å². The standard InChI is InChI=1S/C15H8O6/c16-7-20-9-2-4-13-11(6-9)14(17)10-5-8(15(18)19)1-3-12(10)21-13/h1-7H,(H,18,19). The molecule has 3 aromatic rings. The summed E-state index contributed by atoms with van der Waals surface area (Å²) in [6.45, 7) is 0.256. The number of carbonyl (C=O) groups is 2. The van der Waals surface area contributed by atoms with Crippen LogP contribution in [0.15, 0.2) is 45.6 Å². The van der Waals surface area contributed by atoms with Crippen molar-refractivity contribution in [2.75, 3.05) is 0 Å². The smallest absolute Gasteiger partial charge is 0.335 e. The van der Waals surface area contributed by atoms with Gasteiger partial charge in [-0.25, -0.2) is 4.79 Å². The van der Waals surface area contributed by atoms with Gasteiger partial charge in [0.2, 0.25) is 5.43 Å². The highest BCUT2D eigenvalue weighted by molar-refractivity contribution is 5.96. The van der Waals surface area contributed by atoms with E-state index in [0.29, 0.717) is 11.2 Å². The fraction of sp³-hybridized carbons (Fsp3) is 0. The van der Waals surface area contributed by atoms with Crippen LogP contribution in [0.2, 0.25) is 0 Å². The second-order valence-electron chi connectivity index (χ2n) is 4.32. The van der Waals surface area contributed by atoms with Crippen molar-refractivity contribution in [2.45, 2.75) is 0 Å². The summed E-state index contributed by atoms with van der Waals surface area (Å²) in [6, 6.07) is 8.45. The molecule has 21 heavy (non-hydrogen) atoms. The average molecular weight is 284 g/mol. The molecule has 0 aliphatic carbocycles. The van der Waals surface area contributed by atoms with E-state index in [9.17, 15) is 14.4 Å². The first-order chi connectivity index (χ1) is 10.1. The number of ether oxygens (including phenoxy) is 1. The molecule has 0 unspecified atom stereocenters. The minimum atomic E-state index is -1.13. The first-order valence-electron chi connectivity index (χ1n) is 5.94. The van der Waals surface area contributed by atoms with E-state index in [1.54, 1.807) is 0 Å². The Bertz CT molecular complexity index is 938. The number of hydrogen-bond acceptors (Lipinski definition) is 5. The lowest BCUT2D eigenvalue weighted by atomic mass is 10.1. The number of carboxylic acids is 1. The van der Waals surface area contributed by atoms with Crippen molar-refractivity contribution in [2.24, 2.45) is 0 Å². The monoisotopic (exact) mass is 284 g/mol. The molecule has 0 amide bonds. The van der Waals surface area contributed by atoms with Crippen molar-refractivity contribution in [3.63, 3.8) is 0 Å². The zero-order chi connectivity index (χ0) is 15.0. The first kappa shape index (κ1) is 12.9. The second-order valence-corrected chi connectivity index (χ2v) is 4.32. The molecule has 0 radical (unpaired) electrons. The highest BCUT2D eigenvalue weighted by atomic mass is 16.5. The normalized spacial score (nSPS) is 10.7. The third kappa shape index (κ3) is 2.12. The molecule has 1 heterocycles. The summed E-state index contributed by atoms with van der Waals surface area (Å²) in [6.07, 6.45) is 0. The summed E-state index contributed by atoms with van der Waals surface area (Å²) in [7, 11) is 0. The Balaban J connectivity index is 2.36. The van der Waals surface area contributed by atoms with Crippen LogP contribution in [-0.4, -0.2) is 17.5 Å². The van der Waals surface area contributed by atoms with Gasteiger partial charge < -0.3 is 14.3 Å². The average Bonchev–Trinajstić information content (AvgIpc) is 2.48. The first-order valence-corrected chi connectivity index (χ1v) is 5.94. The van der Waals surface area contributed by atoms with Crippen LogP contribution >= 0.6 is 0 Å². The number of rotatable bonds is 3. The lowest BCUT2D eigenvalue weighted by molar-refractivity contribution is -0.120. The van der Waals surface area contributed by atoms with Crippen LogP contribution in [0.1, 0.15) is 10.4 Å². The molecule has 0 aliphatic heterocycles. The Morgan fingerprint density at radius 3 is 2.43 bits per heavy atom. The quantitative estimate of drug-likeness (QED) is 0.585. The van der Waals surface area contributed by atoms with E-state index in [4.69, 9.17) is 9.52 Å². The molecule has 0 bridgehead atoms. The van der Waals surface area contributed by atoms with Crippen LogP contribution < -0.4 is 10.2 Å². The summed E-state index contributed by atoms with van der Waals surface area (Å²) >= 11 is 0. The maximum absolute atomic E-state index is 12.4. The van der Waals surface area contributed by atoms with Crippen molar-refractivity contribution in [1.82, 2.24) is 0 Å². The molecular weight excluding hydrogens is 276 g/mol. The predicted molar refractivity (Wildman–Crippen MR) is 73.6 cm³/mol. The van der Waals surface area contributed by atoms with Gasteiger partial charge in [0.25, 0.3) is 6.47 Å². The van der Waals surface area contributed by atoms with Crippen molar-refractivity contribution < 1.29 is 23.8 Å². The third-order valence-electron chi connectivity index (χ3n) is 3.07. The fourth-order valence-corrected chi connectivity index (χ4v) is 2.10. The number of hydrogen-bond donors (Lipinski definition) is 1. The van der Waals surface area contributed by atoms with Crippen molar-refractivity contribution >= 4 is 34.4 Å². The van der Waals surface area contributed by atoms with E-state index >= 15 is 0 Å². The summed E-state index contributed by atoms with van der Waals surface area (Å²) in [5.74, 6) is -0.923. The third-order valence-corrected chi connectivity index (χ3v) is 3.07. The molecule has 0 saturated heterocycles. The molecule has 6 heteroatoms. The maximum atomic E-state index is 12.4. The summed E-state index contributed by atoms with van der Waals surface area (Å²) < 4.78 is 10.2. The van der Waals surface area contributed by atoms with Crippen molar-refractivity contribution in [1.29, 1.82) is 0 Å². The van der Waals surface area contributed by atoms with E-state index in [0.717, 1.165) is 0 Å². The Morgan fingerprint density at radius 2 is 1.76 bits per heavy atom. The zero-order valence-electron chi connectivity index (χ0n) is 10.5. The van der Waals surface area contributed by atoms with Crippen LogP contribution in [0.3, 0.4) is 0 Å². The van der Waals surface area contributed by atoms with Crippen LogP contribution in [-0.2, 0) is 4.79 Å². The zero-order valence-corrected chi connectivity index (χ0v) is 10.5. The SMILES string of the molecule is O=COc1ccc2oc3ccc(C(=O)O)cc3c(=O)c2c1. The van der Waals surface area contributed by atoms with Crippen LogP contribution in [0.25, 0.3) is 21.9 Å². The molecule has 0 fully saturated rings. The Hall–Kier alpha value is -3.15. The Kier molecular flexibility index (Phi) is 2.91. The highest BCUT2D eigenvalue weighted by Crippen LogP contribution is 2.23. The summed E-state index contributed by atoms with van der Waals surface area (Å²) in [5.41, 5.74) is 0.232. The highest BCUT2D eigenvalue weighted by Gasteiger charge is 2.11. The molecule has 2 aromatic carbocycles. The fourth-order valence-electron chi connectivity index (χ4n) is 2.10. The molecule has 1 N–H and O–H groups in total. The Morgan fingerprint density at radius 1 is 1.10 bits per heavy atom. The van der Waals surface area contributed by atoms with Crippen molar-refractivity contribution in [3.05, 3.63) is 52.2 Å². The van der Waals surface area contributed by atoms with Crippen LogP contribution in [0, 0.1) is 0 Å². The number of carboxylic acid groups (broad SMARTS) is 1. The van der Waals surface area contributed by atoms with E-state index in [-0.39, 0.29) is 34.0 Å². The second kappa shape index (κ2) is 4.75.